The van der Waals surface area contributed by atoms with Gasteiger partial charge in [0.15, 0.2) is 24.8 Å². The number of benzene rings is 4. The molecule has 22 heteroatoms. The van der Waals surface area contributed by atoms with E-state index in [2.05, 4.69) is 364 Å². The van der Waals surface area contributed by atoms with Gasteiger partial charge >= 0.3 is 64.9 Å². The second kappa shape index (κ2) is 148. The molecule has 0 amide bonds. The van der Waals surface area contributed by atoms with Crippen molar-refractivity contribution in [1.29, 1.82) is 0 Å². The van der Waals surface area contributed by atoms with Gasteiger partial charge in [-0.2, -0.15) is 20.5 Å². The van der Waals surface area contributed by atoms with Crippen molar-refractivity contribution < 1.29 is 23.2 Å². The van der Waals surface area contributed by atoms with Crippen LogP contribution < -0.4 is 37.9 Å². The Morgan fingerprint density at radius 3 is 0.594 bits per heavy atom. The van der Waals surface area contributed by atoms with E-state index in [0.29, 0.717) is 0 Å². The summed E-state index contributed by atoms with van der Waals surface area (Å²) in [6.45, 7) is 77.4. The molecule has 0 spiro atoms. The number of aromatic nitrogens is 6. The third-order valence-electron chi connectivity index (χ3n) is 17.2. The molecule has 4 aromatic carbocycles. The molecule has 0 N–H and O–H groups in total. The number of fused-ring (bicyclic) bond motifs is 2. The number of allylic oxidation sites excluding steroid dienone is 4. The molecule has 138 heavy (non-hydrogen) atoms. The Morgan fingerprint density at radius 2 is 0.457 bits per heavy atom. The zero-order valence-corrected chi connectivity index (χ0v) is 109. The fourth-order valence-electron chi connectivity index (χ4n) is 9.96. The quantitative estimate of drug-likeness (QED) is 0.0166. The van der Waals surface area contributed by atoms with Crippen LogP contribution in [0.4, 0.5) is 22.7 Å². The van der Waals surface area contributed by atoms with E-state index in [1.165, 1.54) is 145 Å². The molecular weight excluding hydrogens is 2150 g/mol. The third kappa shape index (κ3) is 119. The van der Waals surface area contributed by atoms with Gasteiger partial charge in [-0.05, 0) is 155 Å². The first-order valence-corrected chi connectivity index (χ1v) is 70.0. The van der Waals surface area contributed by atoms with Gasteiger partial charge in [0.05, 0.1) is 28.2 Å². The number of nitrogens with zero attached hydrogens (tertiary/aromatic N) is 14. The Labute approximate surface area is 918 Å². The predicted molar refractivity (Wildman–Crippen MR) is 676 cm³/mol. The van der Waals surface area contributed by atoms with Crippen molar-refractivity contribution >= 4 is 126 Å². The molecule has 4 heterocycles. The Morgan fingerprint density at radius 1 is 0.297 bits per heavy atom. The van der Waals surface area contributed by atoms with Crippen LogP contribution in [0.15, 0.2) is 238 Å². The van der Waals surface area contributed by atoms with Crippen LogP contribution in [-0.4, -0.2) is 115 Å². The average Bonchev–Trinajstić information content (AvgIpc) is 1.68. The number of para-hydroxylation sites is 4. The fraction of sp³-hybridized carbons (Fsp3) is 0.621. The normalized spacial score (nSPS) is 9.32. The Bertz CT molecular complexity index is 3130. The van der Waals surface area contributed by atoms with Gasteiger partial charge < -0.3 is 19.6 Å². The molecule has 4 aromatic heterocycles. The van der Waals surface area contributed by atoms with Gasteiger partial charge in [-0.1, -0.05) is 359 Å². The Hall–Kier alpha value is -4.35. The Kier molecular flexibility index (Phi) is 185. The van der Waals surface area contributed by atoms with Gasteiger partial charge in [-0.3, -0.25) is 0 Å². The van der Waals surface area contributed by atoms with Crippen LogP contribution in [0.1, 0.15) is 338 Å². The molecule has 0 unspecified atom stereocenters. The van der Waals surface area contributed by atoms with Crippen molar-refractivity contribution in [3.05, 3.63) is 240 Å². The summed E-state index contributed by atoms with van der Waals surface area (Å²) in [4.78, 5) is 9.06. The first kappa shape index (κ1) is 173. The summed E-state index contributed by atoms with van der Waals surface area (Å²) >= 11 is 7.39. The molecule has 0 saturated heterocycles. The summed E-state index contributed by atoms with van der Waals surface area (Å²) in [6, 6.07) is 54.4. The topological polar surface area (TPSA) is 87.8 Å². The first-order valence-electron chi connectivity index (χ1n) is 51.5. The monoisotopic (exact) mass is 2380 g/mol. The van der Waals surface area contributed by atoms with E-state index in [9.17, 15) is 0 Å². The van der Waals surface area contributed by atoms with E-state index in [1.807, 2.05) is 321 Å². The standard InChI is InChI=1S/2C20H28N2S2.2C9H15N2.2C6H8N.2C6H12.2C2H6N2.14C2H6.2CH4.3HI.V/c2*1-21(19-11-5-3-6-12-19)15-9-17-23-24-18-10-16-22(2)20-13-7-4-8-14-20;2*1-10-7-11(2)9-6-4-3-5-8(9)10;2*1-7-5-3-2-4-6-7;2*1-5(2)6(3)4;2*1-3-4-2;14*1-2;;;;;;/h2*3-8,11-14H,9-10,15-18H2,1-2H3;2*7H,3-6H2,1-2H3;2*2-6H,1H3;2*1-4H3;2*1-2H3;14*1-2H3;2*1H4;3*1H;/q;;4*+1;;;;;;;;;;;;;;;;;;;;;;;;+3/p-3. The maximum absolute atomic E-state index is 3.36. The molecule has 2 aliphatic rings. The molecule has 14 nitrogen and oxygen atoms in total. The zero-order chi connectivity index (χ0) is 109. The van der Waals surface area contributed by atoms with Crippen LogP contribution in [0.5, 0.6) is 0 Å². The van der Waals surface area contributed by atoms with Crippen molar-refractivity contribution in [2.24, 2.45) is 62.7 Å². The molecule has 10 rings (SSSR count). The maximum atomic E-state index is 3.36. The van der Waals surface area contributed by atoms with Crippen LogP contribution in [0, 0.1) is 0 Å². The number of halogens is 3. The van der Waals surface area contributed by atoms with E-state index in [0.717, 1.165) is 26.2 Å². The SMILES string of the molecule is C.C.CC.CC.CC.CC.CC.CC.CC.CC.CC.CC.CC.CC.CC.CC.CC(C)=C(C)C.CC(C)=C(C)C.CN(CCCSSCCCN(C)c1ccccc1)c1ccccc1.CN(CCCSSCCCN(C)c1ccccc1)c1ccccc1.CN=NC.CN=NC.C[n+]1ccccc1.C[n+]1ccccc1.Cn1c[n+](C)c2c1CCCC2.Cn1c[n+](C)c2c1CCCC2.[I][V]([I])[I]. The predicted octanol–water partition coefficient (Wildman–Crippen LogP) is 37.7. The van der Waals surface area contributed by atoms with Crippen LogP contribution >= 0.6 is 103 Å². The van der Waals surface area contributed by atoms with E-state index >= 15 is 0 Å². The number of anilines is 4. The fourth-order valence-corrected chi connectivity index (χ4v) is 14.2. The first-order chi connectivity index (χ1) is 65.8. The molecule has 810 valence electrons. The van der Waals surface area contributed by atoms with Gasteiger partial charge in [-0.15, -0.1) is 0 Å². The summed E-state index contributed by atoms with van der Waals surface area (Å²) in [6.07, 6.45) is 27.8. The molecule has 0 atom stereocenters. The molecular formula is C116H230I3N14S4V+4. The summed E-state index contributed by atoms with van der Waals surface area (Å²) in [5, 5.41) is 13.4. The van der Waals surface area contributed by atoms with Crippen molar-refractivity contribution in [1.82, 2.24) is 9.13 Å². The van der Waals surface area contributed by atoms with Crippen LogP contribution in [0.2, 0.25) is 0 Å². The van der Waals surface area contributed by atoms with Crippen molar-refractivity contribution in [3.63, 3.8) is 0 Å². The molecule has 8 aromatic rings. The van der Waals surface area contributed by atoms with Crippen molar-refractivity contribution in [2.45, 2.75) is 341 Å². The minimum absolute atomic E-state index is 0. The van der Waals surface area contributed by atoms with E-state index in [1.54, 1.807) is 51.0 Å². The zero-order valence-electron chi connectivity index (χ0n) is 98.1. The number of aryl methyl sites for hydroxylation is 6. The van der Waals surface area contributed by atoms with Crippen LogP contribution in [-0.2, 0) is 72.9 Å². The molecule has 0 radical (unpaired) electrons. The average molecular weight is 2380 g/mol. The second-order valence-corrected chi connectivity index (χ2v) is 67.5. The Balaban J connectivity index is -0.0000000791. The summed E-state index contributed by atoms with van der Waals surface area (Å²) in [7, 11) is 35.9. The second-order valence-electron chi connectivity index (χ2n) is 26.7. The number of hydrogen-bond donors (Lipinski definition) is 0. The van der Waals surface area contributed by atoms with E-state index < -0.39 is 0 Å². The van der Waals surface area contributed by atoms with E-state index in [4.69, 9.17) is 0 Å². The molecule has 0 fully saturated rings. The van der Waals surface area contributed by atoms with Crippen molar-refractivity contribution in [3.8, 4) is 0 Å². The van der Waals surface area contributed by atoms with Gasteiger partial charge in [0.1, 0.15) is 36.9 Å². The number of hydrogen-bond acceptors (Lipinski definition) is 12. The minimum atomic E-state index is -0.278. The van der Waals surface area contributed by atoms with Gasteiger partial charge in [0.25, 0.3) is 0 Å². The summed E-state index contributed by atoms with van der Waals surface area (Å²) in [5.74, 6) is 4.87. The van der Waals surface area contributed by atoms with Crippen molar-refractivity contribution in [2.75, 3.05) is 125 Å². The number of rotatable bonds is 22. The molecule has 0 aliphatic heterocycles. The summed E-state index contributed by atoms with van der Waals surface area (Å²) in [5.41, 5.74) is 17.1. The number of pyridine rings is 2. The van der Waals surface area contributed by atoms with Gasteiger partial charge in [0.2, 0.25) is 12.7 Å². The molecule has 0 bridgehead atoms. The van der Waals surface area contributed by atoms with Crippen LogP contribution in [0.25, 0.3) is 0 Å². The molecule has 2 aliphatic carbocycles. The van der Waals surface area contributed by atoms with Gasteiger partial charge in [-0.25, -0.2) is 27.4 Å². The van der Waals surface area contributed by atoms with E-state index in [-0.39, 0.29) is 19.8 Å². The summed E-state index contributed by atoms with van der Waals surface area (Å²) < 4.78 is 13.0. The number of azo groups is 2. The van der Waals surface area contributed by atoms with Gasteiger partial charge in [0, 0.05) is 178 Å². The third-order valence-corrected chi connectivity index (χ3v) is 22.3. The number of imidazole rings is 2. The molecule has 0 saturated carbocycles. The van der Waals surface area contributed by atoms with Crippen LogP contribution in [0.3, 0.4) is 0 Å².